The number of carbonyl (C=O) groups is 1. The van der Waals surface area contributed by atoms with Gasteiger partial charge in [-0.15, -0.1) is 0 Å². The minimum Gasteiger partial charge on any atom is -0.371 e. The number of amides is 1. The molecular weight excluding hydrogens is 314 g/mol. The van der Waals surface area contributed by atoms with Crippen LogP contribution in [0.25, 0.3) is 11.1 Å². The molecule has 130 valence electrons. The van der Waals surface area contributed by atoms with Gasteiger partial charge in [0.05, 0.1) is 24.9 Å². The molecular formula is C20H23N3O2. The molecule has 2 aromatic rings. The maximum absolute atomic E-state index is 13.3. The summed E-state index contributed by atoms with van der Waals surface area (Å²) < 4.78 is 6.32. The van der Waals surface area contributed by atoms with Crippen molar-refractivity contribution < 1.29 is 9.53 Å². The molecule has 2 heterocycles. The van der Waals surface area contributed by atoms with Crippen molar-refractivity contribution in [3.05, 3.63) is 42.2 Å². The van der Waals surface area contributed by atoms with E-state index in [1.54, 1.807) is 6.20 Å². The van der Waals surface area contributed by atoms with Gasteiger partial charge in [-0.25, -0.2) is 0 Å². The van der Waals surface area contributed by atoms with Crippen LogP contribution in [0.3, 0.4) is 0 Å². The van der Waals surface area contributed by atoms with E-state index < -0.39 is 0 Å². The summed E-state index contributed by atoms with van der Waals surface area (Å²) in [6, 6.07) is 7.83. The van der Waals surface area contributed by atoms with Crippen molar-refractivity contribution in [2.45, 2.75) is 31.3 Å². The first-order valence-corrected chi connectivity index (χ1v) is 9.29. The van der Waals surface area contributed by atoms with Gasteiger partial charge in [-0.1, -0.05) is 18.2 Å². The lowest BCUT2D eigenvalue weighted by Crippen LogP contribution is -2.56. The molecule has 1 N–H and O–H groups in total. The SMILES string of the molecule is O=C(c1ccccc1-c1cn[nH]c1)N1CCOC(C2CC2)(C2CC2)C1. The standard InChI is InChI=1S/C20H23N3O2/c24-19(18-4-2-1-3-17(18)14-11-21-22-12-14)23-9-10-25-20(13-23,15-5-6-15)16-7-8-16/h1-4,11-12,15-16H,5-10,13H2,(H,21,22). The first-order valence-electron chi connectivity index (χ1n) is 9.29. The average molecular weight is 337 g/mol. The van der Waals surface area contributed by atoms with Gasteiger partial charge >= 0.3 is 0 Å². The van der Waals surface area contributed by atoms with Crippen molar-refractivity contribution in [1.82, 2.24) is 15.1 Å². The Labute approximate surface area is 147 Å². The molecule has 5 nitrogen and oxygen atoms in total. The number of benzene rings is 1. The lowest BCUT2D eigenvalue weighted by atomic mass is 9.89. The molecule has 1 saturated heterocycles. The number of aromatic nitrogens is 2. The Kier molecular flexibility index (Phi) is 3.45. The molecule has 3 fully saturated rings. The summed E-state index contributed by atoms with van der Waals surface area (Å²) in [6.07, 6.45) is 8.62. The zero-order valence-corrected chi connectivity index (χ0v) is 14.3. The molecule has 1 aliphatic heterocycles. The fourth-order valence-corrected chi connectivity index (χ4v) is 4.40. The van der Waals surface area contributed by atoms with Crippen LogP contribution in [0.15, 0.2) is 36.7 Å². The van der Waals surface area contributed by atoms with Gasteiger partial charge in [0.25, 0.3) is 5.91 Å². The Morgan fingerprint density at radius 3 is 2.64 bits per heavy atom. The zero-order valence-electron chi connectivity index (χ0n) is 14.3. The van der Waals surface area contributed by atoms with Gasteiger partial charge in [-0.3, -0.25) is 9.89 Å². The number of carbonyl (C=O) groups excluding carboxylic acids is 1. The molecule has 5 rings (SSSR count). The zero-order chi connectivity index (χ0) is 16.9. The van der Waals surface area contributed by atoms with Crippen molar-refractivity contribution >= 4 is 5.91 Å². The number of rotatable bonds is 4. The van der Waals surface area contributed by atoms with Crippen LogP contribution in [0, 0.1) is 11.8 Å². The summed E-state index contributed by atoms with van der Waals surface area (Å²) in [5.74, 6) is 1.42. The number of nitrogens with one attached hydrogen (secondary N) is 1. The van der Waals surface area contributed by atoms with E-state index in [0.717, 1.165) is 23.2 Å². The first-order chi connectivity index (χ1) is 12.3. The van der Waals surface area contributed by atoms with Crippen LogP contribution in [0.4, 0.5) is 0 Å². The molecule has 0 bridgehead atoms. The lowest BCUT2D eigenvalue weighted by molar-refractivity contribution is -0.126. The summed E-state index contributed by atoms with van der Waals surface area (Å²) in [4.78, 5) is 15.4. The molecule has 2 aliphatic carbocycles. The van der Waals surface area contributed by atoms with E-state index in [1.807, 2.05) is 35.4 Å². The van der Waals surface area contributed by atoms with E-state index in [4.69, 9.17) is 4.74 Å². The van der Waals surface area contributed by atoms with Gasteiger partial charge < -0.3 is 9.64 Å². The number of hydrogen-bond donors (Lipinski definition) is 1. The van der Waals surface area contributed by atoms with Gasteiger partial charge in [0.2, 0.25) is 0 Å². The van der Waals surface area contributed by atoms with Gasteiger partial charge in [-0.05, 0) is 49.1 Å². The lowest BCUT2D eigenvalue weighted by Gasteiger charge is -2.44. The molecule has 0 atom stereocenters. The molecule has 1 aromatic carbocycles. The maximum Gasteiger partial charge on any atom is 0.254 e. The van der Waals surface area contributed by atoms with E-state index in [1.165, 1.54) is 25.7 Å². The number of ether oxygens (including phenoxy) is 1. The Morgan fingerprint density at radius 1 is 1.20 bits per heavy atom. The van der Waals surface area contributed by atoms with Crippen LogP contribution in [0.1, 0.15) is 36.0 Å². The molecule has 5 heteroatoms. The maximum atomic E-state index is 13.3. The second-order valence-electron chi connectivity index (χ2n) is 7.61. The van der Waals surface area contributed by atoms with Crippen LogP contribution in [0.5, 0.6) is 0 Å². The highest BCUT2D eigenvalue weighted by Crippen LogP contribution is 2.55. The van der Waals surface area contributed by atoms with Gasteiger partial charge in [0.1, 0.15) is 0 Å². The molecule has 1 aromatic heterocycles. The first kappa shape index (κ1) is 15.1. The van der Waals surface area contributed by atoms with E-state index in [2.05, 4.69) is 10.2 Å². The summed E-state index contributed by atoms with van der Waals surface area (Å²) in [7, 11) is 0. The molecule has 0 radical (unpaired) electrons. The van der Waals surface area contributed by atoms with Crippen molar-refractivity contribution in [2.75, 3.05) is 19.7 Å². The van der Waals surface area contributed by atoms with Gasteiger partial charge in [0, 0.05) is 23.9 Å². The predicted molar refractivity (Wildman–Crippen MR) is 94.1 cm³/mol. The fourth-order valence-electron chi connectivity index (χ4n) is 4.40. The second kappa shape index (κ2) is 5.70. The van der Waals surface area contributed by atoms with Crippen molar-refractivity contribution in [2.24, 2.45) is 11.8 Å². The van der Waals surface area contributed by atoms with Crippen molar-refractivity contribution in [3.8, 4) is 11.1 Å². The Morgan fingerprint density at radius 2 is 1.96 bits per heavy atom. The van der Waals surface area contributed by atoms with Crippen LogP contribution in [-0.4, -0.2) is 46.3 Å². The number of morpholine rings is 1. The quantitative estimate of drug-likeness (QED) is 0.932. The predicted octanol–water partition coefficient (Wildman–Crippen LogP) is 3.11. The minimum atomic E-state index is -0.0709. The average Bonchev–Trinajstić information content (AvgIpc) is 3.59. The molecule has 3 aliphatic rings. The van der Waals surface area contributed by atoms with Crippen LogP contribution in [-0.2, 0) is 4.74 Å². The van der Waals surface area contributed by atoms with E-state index in [-0.39, 0.29) is 11.5 Å². The van der Waals surface area contributed by atoms with Crippen molar-refractivity contribution in [1.29, 1.82) is 0 Å². The largest absolute Gasteiger partial charge is 0.371 e. The second-order valence-corrected chi connectivity index (χ2v) is 7.61. The van der Waals surface area contributed by atoms with Crippen molar-refractivity contribution in [3.63, 3.8) is 0 Å². The Bertz CT molecular complexity index is 766. The number of hydrogen-bond acceptors (Lipinski definition) is 3. The normalized spacial score (nSPS) is 22.8. The Hall–Kier alpha value is -2.14. The van der Waals surface area contributed by atoms with E-state index in [9.17, 15) is 4.79 Å². The monoisotopic (exact) mass is 337 g/mol. The summed E-state index contributed by atoms with van der Waals surface area (Å²) in [6.45, 7) is 2.09. The topological polar surface area (TPSA) is 58.2 Å². The third-order valence-electron chi connectivity index (χ3n) is 5.96. The molecule has 2 saturated carbocycles. The number of aromatic amines is 1. The van der Waals surface area contributed by atoms with Gasteiger partial charge in [0.15, 0.2) is 0 Å². The number of nitrogens with zero attached hydrogens (tertiary/aromatic N) is 2. The minimum absolute atomic E-state index is 0.0709. The molecule has 1 amide bonds. The highest BCUT2D eigenvalue weighted by Gasteiger charge is 2.57. The molecule has 0 unspecified atom stereocenters. The van der Waals surface area contributed by atoms with Gasteiger partial charge in [-0.2, -0.15) is 5.10 Å². The number of H-pyrrole nitrogens is 1. The highest BCUT2D eigenvalue weighted by atomic mass is 16.5. The molecule has 0 spiro atoms. The summed E-state index contributed by atoms with van der Waals surface area (Å²) in [5, 5.41) is 6.87. The third-order valence-corrected chi connectivity index (χ3v) is 5.96. The molecule has 25 heavy (non-hydrogen) atoms. The van der Waals surface area contributed by atoms with Crippen LogP contribution < -0.4 is 0 Å². The van der Waals surface area contributed by atoms with E-state index >= 15 is 0 Å². The summed E-state index contributed by atoms with van der Waals surface area (Å²) in [5.41, 5.74) is 2.58. The van der Waals surface area contributed by atoms with Crippen LogP contribution in [0.2, 0.25) is 0 Å². The smallest absolute Gasteiger partial charge is 0.254 e. The third kappa shape index (κ3) is 2.58. The fraction of sp³-hybridized carbons (Fsp3) is 0.500. The van der Waals surface area contributed by atoms with E-state index in [0.29, 0.717) is 25.0 Å². The summed E-state index contributed by atoms with van der Waals surface area (Å²) >= 11 is 0. The Balaban J connectivity index is 1.45. The highest BCUT2D eigenvalue weighted by molar-refractivity contribution is 6.00. The van der Waals surface area contributed by atoms with Crippen LogP contribution >= 0.6 is 0 Å².